The Labute approximate surface area is 136 Å². The highest BCUT2D eigenvalue weighted by Crippen LogP contribution is 2.23. The molecule has 0 saturated carbocycles. The Morgan fingerprint density at radius 2 is 1.91 bits per heavy atom. The lowest BCUT2D eigenvalue weighted by atomic mass is 10.1. The zero-order valence-electron chi connectivity index (χ0n) is 13.6. The number of aromatic hydroxyl groups is 1. The standard InChI is InChI=1S/C18H23N3O2/c1-13(2)17-16(6-7-19-17)18(23)21-10-8-20(9-11-21)14-4-3-5-15(22)12-14/h3-7,12-13,19,22H,8-11H2,1-2H3. The van der Waals surface area contributed by atoms with Crippen LogP contribution >= 0.6 is 0 Å². The van der Waals surface area contributed by atoms with Gasteiger partial charge >= 0.3 is 0 Å². The minimum Gasteiger partial charge on any atom is -0.508 e. The first-order valence-corrected chi connectivity index (χ1v) is 8.07. The number of hydrogen-bond donors (Lipinski definition) is 2. The first kappa shape index (κ1) is 15.5. The van der Waals surface area contributed by atoms with E-state index in [0.29, 0.717) is 19.0 Å². The molecule has 1 aromatic carbocycles. The normalized spacial score (nSPS) is 15.3. The molecule has 1 aliphatic heterocycles. The number of aromatic amines is 1. The maximum atomic E-state index is 12.7. The quantitative estimate of drug-likeness (QED) is 0.916. The Balaban J connectivity index is 1.67. The number of phenolic OH excluding ortho intramolecular Hbond substituents is 1. The number of anilines is 1. The highest BCUT2D eigenvalue weighted by molar-refractivity contribution is 5.95. The Morgan fingerprint density at radius 3 is 2.57 bits per heavy atom. The average Bonchev–Trinajstić information content (AvgIpc) is 3.04. The van der Waals surface area contributed by atoms with Crippen molar-refractivity contribution in [2.75, 3.05) is 31.1 Å². The van der Waals surface area contributed by atoms with E-state index in [1.807, 2.05) is 29.3 Å². The Bertz CT molecular complexity index is 685. The van der Waals surface area contributed by atoms with Crippen LogP contribution in [0.3, 0.4) is 0 Å². The van der Waals surface area contributed by atoms with E-state index in [0.717, 1.165) is 30.0 Å². The largest absolute Gasteiger partial charge is 0.508 e. The fourth-order valence-corrected chi connectivity index (χ4v) is 3.07. The second-order valence-electron chi connectivity index (χ2n) is 6.26. The molecule has 2 heterocycles. The van der Waals surface area contributed by atoms with Crippen molar-refractivity contribution in [2.45, 2.75) is 19.8 Å². The zero-order valence-corrected chi connectivity index (χ0v) is 13.6. The van der Waals surface area contributed by atoms with Gasteiger partial charge in [-0.1, -0.05) is 19.9 Å². The molecule has 122 valence electrons. The predicted octanol–water partition coefficient (Wildman–Crippen LogP) is 2.81. The van der Waals surface area contributed by atoms with Crippen molar-refractivity contribution in [3.63, 3.8) is 0 Å². The molecule has 0 spiro atoms. The molecule has 1 aliphatic rings. The highest BCUT2D eigenvalue weighted by atomic mass is 16.3. The predicted molar refractivity (Wildman–Crippen MR) is 91.1 cm³/mol. The highest BCUT2D eigenvalue weighted by Gasteiger charge is 2.25. The number of nitrogens with one attached hydrogen (secondary N) is 1. The van der Waals surface area contributed by atoms with Crippen LogP contribution in [0.15, 0.2) is 36.5 Å². The van der Waals surface area contributed by atoms with E-state index in [1.165, 1.54) is 0 Å². The number of piperazine rings is 1. The lowest BCUT2D eigenvalue weighted by Crippen LogP contribution is -2.48. The SMILES string of the molecule is CC(C)c1[nH]ccc1C(=O)N1CCN(c2cccc(O)c2)CC1. The monoisotopic (exact) mass is 313 g/mol. The molecule has 1 saturated heterocycles. The van der Waals surface area contributed by atoms with E-state index in [-0.39, 0.29) is 11.7 Å². The van der Waals surface area contributed by atoms with Crippen molar-refractivity contribution < 1.29 is 9.90 Å². The minimum atomic E-state index is 0.102. The van der Waals surface area contributed by atoms with E-state index in [4.69, 9.17) is 0 Å². The van der Waals surface area contributed by atoms with E-state index in [1.54, 1.807) is 12.1 Å². The molecule has 2 aromatic rings. The van der Waals surface area contributed by atoms with E-state index >= 15 is 0 Å². The number of amides is 1. The topological polar surface area (TPSA) is 59.6 Å². The molecular formula is C18H23N3O2. The number of carbonyl (C=O) groups is 1. The van der Waals surface area contributed by atoms with Crippen molar-refractivity contribution in [3.05, 3.63) is 47.8 Å². The van der Waals surface area contributed by atoms with Gasteiger partial charge in [0.15, 0.2) is 0 Å². The number of nitrogens with zero attached hydrogens (tertiary/aromatic N) is 2. The van der Waals surface area contributed by atoms with Crippen molar-refractivity contribution in [2.24, 2.45) is 0 Å². The molecule has 2 N–H and O–H groups in total. The van der Waals surface area contributed by atoms with Crippen LogP contribution in [-0.2, 0) is 0 Å². The molecule has 0 atom stereocenters. The Hall–Kier alpha value is -2.43. The van der Waals surface area contributed by atoms with Crippen LogP contribution < -0.4 is 4.90 Å². The molecular weight excluding hydrogens is 290 g/mol. The van der Waals surface area contributed by atoms with Crippen LogP contribution in [0.5, 0.6) is 5.75 Å². The summed E-state index contributed by atoms with van der Waals surface area (Å²) in [7, 11) is 0. The molecule has 1 amide bonds. The molecule has 1 aromatic heterocycles. The van der Waals surface area contributed by atoms with Crippen molar-refractivity contribution in [1.82, 2.24) is 9.88 Å². The van der Waals surface area contributed by atoms with E-state index < -0.39 is 0 Å². The van der Waals surface area contributed by atoms with Gasteiger partial charge in [0.2, 0.25) is 0 Å². The van der Waals surface area contributed by atoms with Crippen molar-refractivity contribution in [3.8, 4) is 5.75 Å². The molecule has 5 nitrogen and oxygen atoms in total. The molecule has 5 heteroatoms. The minimum absolute atomic E-state index is 0.102. The summed E-state index contributed by atoms with van der Waals surface area (Å²) in [5, 5.41) is 9.60. The van der Waals surface area contributed by atoms with Crippen LogP contribution in [0.4, 0.5) is 5.69 Å². The first-order valence-electron chi connectivity index (χ1n) is 8.07. The third kappa shape index (κ3) is 3.18. The van der Waals surface area contributed by atoms with Gasteiger partial charge in [0.05, 0.1) is 5.56 Å². The van der Waals surface area contributed by atoms with Crippen molar-refractivity contribution >= 4 is 11.6 Å². The average molecular weight is 313 g/mol. The number of rotatable bonds is 3. The van der Waals surface area contributed by atoms with Gasteiger partial charge in [0, 0.05) is 49.8 Å². The second-order valence-corrected chi connectivity index (χ2v) is 6.26. The van der Waals surface area contributed by atoms with Gasteiger partial charge in [-0.15, -0.1) is 0 Å². The van der Waals surface area contributed by atoms with Crippen LogP contribution in [0.25, 0.3) is 0 Å². The van der Waals surface area contributed by atoms with Crippen LogP contribution in [0.1, 0.15) is 35.8 Å². The van der Waals surface area contributed by atoms with Crippen LogP contribution in [0, 0.1) is 0 Å². The Morgan fingerprint density at radius 1 is 1.17 bits per heavy atom. The summed E-state index contributed by atoms with van der Waals surface area (Å²) in [6.45, 7) is 7.10. The summed E-state index contributed by atoms with van der Waals surface area (Å²) in [6.07, 6.45) is 1.84. The number of benzene rings is 1. The maximum absolute atomic E-state index is 12.7. The second kappa shape index (κ2) is 6.36. The zero-order chi connectivity index (χ0) is 16.4. The lowest BCUT2D eigenvalue weighted by molar-refractivity contribution is 0.0745. The number of H-pyrrole nitrogens is 1. The summed E-state index contributed by atoms with van der Waals surface area (Å²) in [4.78, 5) is 20.0. The smallest absolute Gasteiger partial charge is 0.255 e. The Kier molecular flexibility index (Phi) is 4.28. The van der Waals surface area contributed by atoms with Gasteiger partial charge in [0.25, 0.3) is 5.91 Å². The third-order valence-electron chi connectivity index (χ3n) is 4.35. The molecule has 3 rings (SSSR count). The summed E-state index contributed by atoms with van der Waals surface area (Å²) in [5.74, 6) is 0.679. The molecule has 1 fully saturated rings. The van der Waals surface area contributed by atoms with Crippen molar-refractivity contribution in [1.29, 1.82) is 0 Å². The molecule has 0 radical (unpaired) electrons. The summed E-state index contributed by atoms with van der Waals surface area (Å²) in [5.41, 5.74) is 2.79. The van der Waals surface area contributed by atoms with Crippen LogP contribution in [0.2, 0.25) is 0 Å². The number of hydrogen-bond acceptors (Lipinski definition) is 3. The number of aromatic nitrogens is 1. The van der Waals surface area contributed by atoms with Gasteiger partial charge in [-0.3, -0.25) is 4.79 Å². The maximum Gasteiger partial charge on any atom is 0.255 e. The van der Waals surface area contributed by atoms with Gasteiger partial charge in [0.1, 0.15) is 5.75 Å². The molecule has 23 heavy (non-hydrogen) atoms. The van der Waals surface area contributed by atoms with Gasteiger partial charge in [-0.05, 0) is 24.1 Å². The fourth-order valence-electron chi connectivity index (χ4n) is 3.07. The van der Waals surface area contributed by atoms with Gasteiger partial charge in [-0.25, -0.2) is 0 Å². The van der Waals surface area contributed by atoms with E-state index in [2.05, 4.69) is 23.7 Å². The molecule has 0 aliphatic carbocycles. The number of carbonyl (C=O) groups excluding carboxylic acids is 1. The van der Waals surface area contributed by atoms with Crippen LogP contribution in [-0.4, -0.2) is 47.1 Å². The fraction of sp³-hybridized carbons (Fsp3) is 0.389. The van der Waals surface area contributed by atoms with E-state index in [9.17, 15) is 9.90 Å². The molecule has 0 bridgehead atoms. The van der Waals surface area contributed by atoms with Gasteiger partial charge < -0.3 is 19.9 Å². The molecule has 0 unspecified atom stereocenters. The lowest BCUT2D eigenvalue weighted by Gasteiger charge is -2.36. The summed E-state index contributed by atoms with van der Waals surface area (Å²) < 4.78 is 0. The first-order chi connectivity index (χ1) is 11.1. The summed E-state index contributed by atoms with van der Waals surface area (Å²) in [6, 6.07) is 9.14. The third-order valence-corrected chi connectivity index (χ3v) is 4.35. The summed E-state index contributed by atoms with van der Waals surface area (Å²) >= 11 is 0. The number of phenols is 1. The van der Waals surface area contributed by atoms with Gasteiger partial charge in [-0.2, -0.15) is 0 Å².